The number of carbonyl (C=O) groups excluding carboxylic acids is 4. The Bertz CT molecular complexity index is 2800. The van der Waals surface area contributed by atoms with Crippen LogP contribution in [0, 0.1) is 11.8 Å². The SMILES string of the molecule is CCCC[C@H]1C[C@@H](c2nc3c(ccc4cc5c(cc43)OCc3cc(-c4cnc([C@@H]6CC[C@H](C)N6C(=O)[C@@H](NC(=O)OC)[C@@H](C)CC)[nH]4)ccc3-5)[nH]2)N(C(=O)[C@H](NC(=O)OC)c2ccccc2)C1. The van der Waals surface area contributed by atoms with Gasteiger partial charge in [-0.05, 0) is 96.3 Å². The van der Waals surface area contributed by atoms with Crippen LogP contribution in [-0.4, -0.2) is 86.6 Å². The molecule has 67 heavy (non-hydrogen) atoms. The van der Waals surface area contributed by atoms with Gasteiger partial charge in [-0.3, -0.25) is 9.59 Å². The Hall–Kier alpha value is -6.90. The Morgan fingerprint density at radius 1 is 0.881 bits per heavy atom. The van der Waals surface area contributed by atoms with E-state index in [1.807, 2.05) is 73.2 Å². The van der Waals surface area contributed by atoms with Crippen molar-refractivity contribution >= 4 is 45.8 Å². The lowest BCUT2D eigenvalue weighted by atomic mass is 9.92. The summed E-state index contributed by atoms with van der Waals surface area (Å²) < 4.78 is 16.3. The third kappa shape index (κ3) is 8.79. The molecule has 4 amide bonds. The molecule has 2 saturated heterocycles. The van der Waals surface area contributed by atoms with Crippen molar-refractivity contribution in [3.8, 4) is 28.1 Å². The van der Waals surface area contributed by atoms with Crippen LogP contribution in [0.3, 0.4) is 0 Å². The lowest BCUT2D eigenvalue weighted by molar-refractivity contribution is -0.137. The molecule has 4 N–H and O–H groups in total. The fourth-order valence-corrected chi connectivity index (χ4v) is 10.3. The van der Waals surface area contributed by atoms with E-state index in [0.29, 0.717) is 30.4 Å². The third-order valence-corrected chi connectivity index (χ3v) is 14.2. The minimum absolute atomic E-state index is 0.0202. The molecule has 0 saturated carbocycles. The number of benzene rings is 4. The van der Waals surface area contributed by atoms with Crippen molar-refractivity contribution in [1.29, 1.82) is 0 Å². The molecule has 3 aliphatic rings. The number of nitrogens with zero attached hydrogens (tertiary/aromatic N) is 4. The molecule has 0 aliphatic carbocycles. The molecule has 0 bridgehead atoms. The topological polar surface area (TPSA) is 184 Å². The van der Waals surface area contributed by atoms with Gasteiger partial charge >= 0.3 is 12.2 Å². The second kappa shape index (κ2) is 19.1. The first-order valence-electron chi connectivity index (χ1n) is 23.6. The number of likely N-dealkylation sites (tertiary alicyclic amines) is 2. The molecule has 3 aliphatic heterocycles. The van der Waals surface area contributed by atoms with E-state index in [2.05, 4.69) is 63.9 Å². The van der Waals surface area contributed by atoms with E-state index in [0.717, 1.165) is 100 Å². The lowest BCUT2D eigenvalue weighted by Crippen LogP contribution is -2.53. The minimum atomic E-state index is -0.915. The molecule has 6 aromatic rings. The smallest absolute Gasteiger partial charge is 0.407 e. The predicted molar refractivity (Wildman–Crippen MR) is 255 cm³/mol. The molecule has 5 heterocycles. The Labute approximate surface area is 390 Å². The molecule has 4 aromatic carbocycles. The number of fused-ring (bicyclic) bond motifs is 6. The fourth-order valence-electron chi connectivity index (χ4n) is 10.3. The normalized spacial score (nSPS) is 20.1. The molecule has 15 nitrogen and oxygen atoms in total. The molecule has 7 atom stereocenters. The first-order valence-corrected chi connectivity index (χ1v) is 23.6. The number of aromatic nitrogens is 4. The monoisotopic (exact) mass is 908 g/mol. The number of hydrogen-bond acceptors (Lipinski definition) is 9. The van der Waals surface area contributed by atoms with Gasteiger partial charge in [0.2, 0.25) is 5.91 Å². The van der Waals surface area contributed by atoms with E-state index in [4.69, 9.17) is 24.2 Å². The summed E-state index contributed by atoms with van der Waals surface area (Å²) in [7, 11) is 2.60. The summed E-state index contributed by atoms with van der Waals surface area (Å²) in [5.74, 6) is 2.06. The van der Waals surface area contributed by atoms with Crippen molar-refractivity contribution in [2.75, 3.05) is 20.8 Å². The van der Waals surface area contributed by atoms with E-state index in [1.165, 1.54) is 14.2 Å². The molecule has 2 aromatic heterocycles. The average molecular weight is 909 g/mol. The maximum Gasteiger partial charge on any atom is 0.407 e. The van der Waals surface area contributed by atoms with Gasteiger partial charge in [0, 0.05) is 23.5 Å². The van der Waals surface area contributed by atoms with Crippen LogP contribution < -0.4 is 15.4 Å². The van der Waals surface area contributed by atoms with Crippen LogP contribution in [0.25, 0.3) is 44.2 Å². The number of aromatic amines is 2. The number of alkyl carbamates (subject to hydrolysis) is 2. The molecule has 350 valence electrons. The number of amides is 4. The number of rotatable bonds is 13. The number of methoxy groups -OCH3 is 2. The molecule has 0 spiro atoms. The van der Waals surface area contributed by atoms with Gasteiger partial charge in [0.15, 0.2) is 0 Å². The van der Waals surface area contributed by atoms with Crippen LogP contribution in [0.1, 0.15) is 114 Å². The van der Waals surface area contributed by atoms with Crippen LogP contribution in [-0.2, 0) is 25.7 Å². The summed E-state index contributed by atoms with van der Waals surface area (Å²) in [5.41, 5.74) is 7.26. The summed E-state index contributed by atoms with van der Waals surface area (Å²) in [6, 6.07) is 21.8. The molecule has 0 unspecified atom stereocenters. The van der Waals surface area contributed by atoms with Crippen molar-refractivity contribution in [2.45, 2.75) is 109 Å². The maximum absolute atomic E-state index is 14.5. The quantitative estimate of drug-likeness (QED) is 0.0876. The van der Waals surface area contributed by atoms with Crippen molar-refractivity contribution in [1.82, 2.24) is 40.4 Å². The van der Waals surface area contributed by atoms with Gasteiger partial charge in [0.25, 0.3) is 5.91 Å². The second-order valence-electron chi connectivity index (χ2n) is 18.4. The number of carbonyl (C=O) groups is 4. The highest BCUT2D eigenvalue weighted by atomic mass is 16.5. The first-order chi connectivity index (χ1) is 32.5. The van der Waals surface area contributed by atoms with E-state index in [9.17, 15) is 19.2 Å². The van der Waals surface area contributed by atoms with Gasteiger partial charge in [-0.2, -0.15) is 0 Å². The molecule has 0 radical (unpaired) electrons. The zero-order chi connectivity index (χ0) is 46.9. The Morgan fingerprint density at radius 2 is 1.67 bits per heavy atom. The third-order valence-electron chi connectivity index (χ3n) is 14.2. The molecule has 9 rings (SSSR count). The Kier molecular flexibility index (Phi) is 12.9. The average Bonchev–Trinajstić information content (AvgIpc) is 4.19. The second-order valence-corrected chi connectivity index (χ2v) is 18.4. The lowest BCUT2D eigenvalue weighted by Gasteiger charge is -2.33. The van der Waals surface area contributed by atoms with Gasteiger partial charge < -0.3 is 44.6 Å². The largest absolute Gasteiger partial charge is 0.488 e. The van der Waals surface area contributed by atoms with Gasteiger partial charge in [-0.25, -0.2) is 19.6 Å². The number of nitrogens with one attached hydrogen (secondary N) is 4. The van der Waals surface area contributed by atoms with Crippen molar-refractivity contribution in [3.63, 3.8) is 0 Å². The van der Waals surface area contributed by atoms with Crippen LogP contribution in [0.15, 0.2) is 79.0 Å². The number of hydrogen-bond donors (Lipinski definition) is 4. The minimum Gasteiger partial charge on any atom is -0.488 e. The van der Waals surface area contributed by atoms with Crippen molar-refractivity contribution < 1.29 is 33.4 Å². The highest BCUT2D eigenvalue weighted by molar-refractivity contribution is 6.07. The highest BCUT2D eigenvalue weighted by Gasteiger charge is 2.43. The van der Waals surface area contributed by atoms with Crippen LogP contribution >= 0.6 is 0 Å². The number of H-pyrrole nitrogens is 2. The van der Waals surface area contributed by atoms with Gasteiger partial charge in [0.05, 0.1) is 49.2 Å². The standard InChI is InChI=1S/C52H60N8O7/c1-7-9-13-31-22-42(59(27-31)49(61)45(58-52(64)66-6)32-14-11-10-12-15-32)48-54-39-20-18-33-24-38-36-19-17-34(23-35(36)28-67-43(38)25-37(33)46(39)56-48)40-26-53-47(55-40)41-21-16-30(4)60(41)50(62)44(29(3)8-2)57-51(63)65-5/h10-12,14-15,17-20,23-26,29-31,41-42,44-45H,7-9,13,16,21-22,27-28H2,1-6H3,(H,53,55)(H,54,56)(H,57,63)(H,58,64)/t29-,30-,31-,41-,42-,44-,45+/m0/s1. The maximum atomic E-state index is 14.5. The molecule has 2 fully saturated rings. The van der Waals surface area contributed by atoms with Crippen LogP contribution in [0.5, 0.6) is 5.75 Å². The number of unbranched alkanes of at least 4 members (excludes halogenated alkanes) is 1. The first kappa shape index (κ1) is 45.3. The molecular weight excluding hydrogens is 849 g/mol. The van der Waals surface area contributed by atoms with E-state index < -0.39 is 24.3 Å². The Morgan fingerprint density at radius 3 is 2.43 bits per heavy atom. The number of imidazole rings is 2. The van der Waals surface area contributed by atoms with Crippen molar-refractivity contribution in [2.24, 2.45) is 11.8 Å². The summed E-state index contributed by atoms with van der Waals surface area (Å²) >= 11 is 0. The predicted octanol–water partition coefficient (Wildman–Crippen LogP) is 9.67. The summed E-state index contributed by atoms with van der Waals surface area (Å²) in [6.45, 7) is 9.12. The van der Waals surface area contributed by atoms with Gasteiger partial charge in [0.1, 0.15) is 36.1 Å². The van der Waals surface area contributed by atoms with Crippen molar-refractivity contribution in [3.05, 3.63) is 102 Å². The summed E-state index contributed by atoms with van der Waals surface area (Å²) in [4.78, 5) is 74.3. The summed E-state index contributed by atoms with van der Waals surface area (Å²) in [5, 5.41) is 7.53. The molecule has 15 heteroatoms. The highest BCUT2D eigenvalue weighted by Crippen LogP contribution is 2.45. The van der Waals surface area contributed by atoms with E-state index in [-0.39, 0.29) is 41.8 Å². The Balaban J connectivity index is 0.981. The number of ether oxygens (including phenoxy) is 3. The van der Waals surface area contributed by atoms with Crippen LogP contribution in [0.4, 0.5) is 9.59 Å². The summed E-state index contributed by atoms with van der Waals surface area (Å²) in [6.07, 6.45) is 6.70. The zero-order valence-corrected chi connectivity index (χ0v) is 39.1. The van der Waals surface area contributed by atoms with E-state index in [1.54, 1.807) is 0 Å². The van der Waals surface area contributed by atoms with Crippen LogP contribution in [0.2, 0.25) is 0 Å². The van der Waals surface area contributed by atoms with Gasteiger partial charge in [-0.15, -0.1) is 0 Å². The van der Waals surface area contributed by atoms with Gasteiger partial charge in [-0.1, -0.05) is 88.6 Å². The fraction of sp³-hybridized carbons (Fsp3) is 0.423. The zero-order valence-electron chi connectivity index (χ0n) is 39.1. The van der Waals surface area contributed by atoms with E-state index >= 15 is 0 Å². The molecular formula is C52H60N8O7.